The van der Waals surface area contributed by atoms with Crippen molar-refractivity contribution in [1.82, 2.24) is 0 Å². The first kappa shape index (κ1) is 26.1. The summed E-state index contributed by atoms with van der Waals surface area (Å²) in [6.45, 7) is 2.33. The van der Waals surface area contributed by atoms with Crippen molar-refractivity contribution >= 4 is 11.9 Å². The van der Waals surface area contributed by atoms with E-state index in [1.54, 1.807) is 0 Å². The number of carbonyl (C=O) groups excluding carboxylic acids is 2. The Labute approximate surface area is 167 Å². The van der Waals surface area contributed by atoms with Gasteiger partial charge in [-0.2, -0.15) is 0 Å². The van der Waals surface area contributed by atoms with Gasteiger partial charge in [-0.05, 0) is 19.3 Å². The SMILES string of the molecule is CCCCCCCCCCCCCCCCCC(=O)OC(=O)CCCCO. The number of ether oxygens (including phenoxy) is 1. The van der Waals surface area contributed by atoms with Crippen molar-refractivity contribution in [2.75, 3.05) is 6.61 Å². The lowest BCUT2D eigenvalue weighted by atomic mass is 10.0. The molecule has 0 aromatic heterocycles. The zero-order valence-corrected chi connectivity index (χ0v) is 17.8. The molecule has 0 aliphatic carbocycles. The first-order valence-corrected chi connectivity index (χ1v) is 11.5. The molecule has 160 valence electrons. The molecule has 0 fully saturated rings. The lowest BCUT2D eigenvalue weighted by molar-refractivity contribution is -0.159. The van der Waals surface area contributed by atoms with E-state index in [4.69, 9.17) is 9.84 Å². The van der Waals surface area contributed by atoms with Crippen LogP contribution in [0.2, 0.25) is 0 Å². The fraction of sp³-hybridized carbons (Fsp3) is 0.913. The van der Waals surface area contributed by atoms with E-state index in [0.29, 0.717) is 19.3 Å². The predicted octanol–water partition coefficient (Wildman–Crippen LogP) is 6.48. The molecule has 4 heteroatoms. The van der Waals surface area contributed by atoms with E-state index in [-0.39, 0.29) is 13.0 Å². The Morgan fingerprint density at radius 3 is 1.26 bits per heavy atom. The van der Waals surface area contributed by atoms with Gasteiger partial charge in [0.15, 0.2) is 0 Å². The number of hydrogen-bond acceptors (Lipinski definition) is 4. The van der Waals surface area contributed by atoms with Crippen LogP contribution in [0.3, 0.4) is 0 Å². The molecule has 0 radical (unpaired) electrons. The molecular formula is C23H44O4. The van der Waals surface area contributed by atoms with Gasteiger partial charge in [0.25, 0.3) is 0 Å². The Balaban J connectivity index is 3.22. The number of unbranched alkanes of at least 4 members (excludes halogenated alkanes) is 15. The van der Waals surface area contributed by atoms with Crippen molar-refractivity contribution in [3.05, 3.63) is 0 Å². The highest BCUT2D eigenvalue weighted by atomic mass is 16.6. The fourth-order valence-corrected chi connectivity index (χ4v) is 3.25. The molecule has 0 unspecified atom stereocenters. The molecular weight excluding hydrogens is 340 g/mol. The second kappa shape index (κ2) is 21.4. The van der Waals surface area contributed by atoms with Crippen LogP contribution in [0.1, 0.15) is 129 Å². The summed E-state index contributed by atoms with van der Waals surface area (Å²) in [6, 6.07) is 0. The number of aliphatic hydroxyl groups is 1. The van der Waals surface area contributed by atoms with Crippen LogP contribution in [0, 0.1) is 0 Å². The third-order valence-corrected chi connectivity index (χ3v) is 5.00. The predicted molar refractivity (Wildman–Crippen MR) is 112 cm³/mol. The van der Waals surface area contributed by atoms with Gasteiger partial charge < -0.3 is 9.84 Å². The molecule has 0 spiro atoms. The zero-order chi connectivity index (χ0) is 20.0. The Bertz CT molecular complexity index is 341. The van der Waals surface area contributed by atoms with Crippen molar-refractivity contribution in [1.29, 1.82) is 0 Å². The number of aliphatic hydroxyl groups excluding tert-OH is 1. The summed E-state index contributed by atoms with van der Waals surface area (Å²) >= 11 is 0. The van der Waals surface area contributed by atoms with Gasteiger partial charge in [-0.3, -0.25) is 9.59 Å². The van der Waals surface area contributed by atoms with E-state index in [1.807, 2.05) is 0 Å². The van der Waals surface area contributed by atoms with Crippen molar-refractivity contribution in [2.45, 2.75) is 129 Å². The van der Waals surface area contributed by atoms with Crippen LogP contribution in [0.4, 0.5) is 0 Å². The van der Waals surface area contributed by atoms with Gasteiger partial charge >= 0.3 is 11.9 Å². The van der Waals surface area contributed by atoms with Crippen LogP contribution in [0.5, 0.6) is 0 Å². The molecule has 0 rings (SSSR count). The average molecular weight is 385 g/mol. The molecule has 0 aliphatic heterocycles. The first-order valence-electron chi connectivity index (χ1n) is 11.5. The van der Waals surface area contributed by atoms with Crippen LogP contribution >= 0.6 is 0 Å². The van der Waals surface area contributed by atoms with Gasteiger partial charge in [0.2, 0.25) is 0 Å². The van der Waals surface area contributed by atoms with Crippen molar-refractivity contribution in [2.24, 2.45) is 0 Å². The Morgan fingerprint density at radius 1 is 0.556 bits per heavy atom. The molecule has 27 heavy (non-hydrogen) atoms. The number of carbonyl (C=O) groups is 2. The molecule has 0 saturated heterocycles. The fourth-order valence-electron chi connectivity index (χ4n) is 3.25. The van der Waals surface area contributed by atoms with Gasteiger partial charge in [0, 0.05) is 19.4 Å². The Morgan fingerprint density at radius 2 is 0.889 bits per heavy atom. The summed E-state index contributed by atoms with van der Waals surface area (Å²) in [6.07, 6.45) is 21.1. The van der Waals surface area contributed by atoms with E-state index >= 15 is 0 Å². The van der Waals surface area contributed by atoms with Crippen molar-refractivity contribution in [3.8, 4) is 0 Å². The van der Waals surface area contributed by atoms with Crippen LogP contribution < -0.4 is 0 Å². The second-order valence-electron chi connectivity index (χ2n) is 7.73. The summed E-state index contributed by atoms with van der Waals surface area (Å²) < 4.78 is 4.76. The molecule has 0 atom stereocenters. The van der Waals surface area contributed by atoms with E-state index in [2.05, 4.69) is 6.92 Å². The van der Waals surface area contributed by atoms with E-state index in [0.717, 1.165) is 19.3 Å². The zero-order valence-electron chi connectivity index (χ0n) is 17.8. The highest BCUT2D eigenvalue weighted by molar-refractivity contribution is 5.85. The Kier molecular flexibility index (Phi) is 20.7. The third-order valence-electron chi connectivity index (χ3n) is 5.00. The quantitative estimate of drug-likeness (QED) is 0.148. The van der Waals surface area contributed by atoms with Crippen LogP contribution in [0.15, 0.2) is 0 Å². The highest BCUT2D eigenvalue weighted by Gasteiger charge is 2.09. The highest BCUT2D eigenvalue weighted by Crippen LogP contribution is 2.13. The molecule has 0 aromatic rings. The summed E-state index contributed by atoms with van der Waals surface area (Å²) in [5.41, 5.74) is 0. The molecule has 4 nitrogen and oxygen atoms in total. The molecule has 1 N–H and O–H groups in total. The summed E-state index contributed by atoms with van der Waals surface area (Å²) in [4.78, 5) is 22.9. The van der Waals surface area contributed by atoms with E-state index in [9.17, 15) is 9.59 Å². The minimum atomic E-state index is -0.464. The van der Waals surface area contributed by atoms with E-state index < -0.39 is 11.9 Å². The topological polar surface area (TPSA) is 63.6 Å². The molecule has 0 amide bonds. The van der Waals surface area contributed by atoms with Crippen LogP contribution in [-0.2, 0) is 14.3 Å². The standard InChI is InChI=1S/C23H44O4/c1-2-3-4-5-6-7-8-9-10-11-12-13-14-15-16-19-22(25)27-23(26)20-17-18-21-24/h24H,2-21H2,1H3. The summed E-state index contributed by atoms with van der Waals surface area (Å²) in [7, 11) is 0. The minimum absolute atomic E-state index is 0.0698. The number of esters is 2. The van der Waals surface area contributed by atoms with Gasteiger partial charge in [0.05, 0.1) is 0 Å². The largest absolute Gasteiger partial charge is 0.396 e. The van der Waals surface area contributed by atoms with E-state index in [1.165, 1.54) is 77.0 Å². The van der Waals surface area contributed by atoms with Gasteiger partial charge in [0.1, 0.15) is 0 Å². The molecule has 0 aliphatic rings. The van der Waals surface area contributed by atoms with Crippen molar-refractivity contribution in [3.63, 3.8) is 0 Å². The monoisotopic (exact) mass is 384 g/mol. The second-order valence-corrected chi connectivity index (χ2v) is 7.73. The molecule has 0 bridgehead atoms. The van der Waals surface area contributed by atoms with Gasteiger partial charge in [-0.15, -0.1) is 0 Å². The third kappa shape index (κ3) is 21.3. The normalized spacial score (nSPS) is 10.9. The summed E-state index contributed by atoms with van der Waals surface area (Å²) in [5, 5.41) is 8.64. The molecule has 0 aromatic carbocycles. The molecule has 0 heterocycles. The maximum Gasteiger partial charge on any atom is 0.313 e. The van der Waals surface area contributed by atoms with Crippen LogP contribution in [0.25, 0.3) is 0 Å². The lowest BCUT2D eigenvalue weighted by Crippen LogP contribution is -2.12. The number of rotatable bonds is 20. The minimum Gasteiger partial charge on any atom is -0.396 e. The lowest BCUT2D eigenvalue weighted by Gasteiger charge is -2.04. The summed E-state index contributed by atoms with van der Waals surface area (Å²) in [5.74, 6) is -0.867. The Hall–Kier alpha value is -0.900. The van der Waals surface area contributed by atoms with Crippen LogP contribution in [-0.4, -0.2) is 23.7 Å². The van der Waals surface area contributed by atoms with Gasteiger partial charge in [-0.1, -0.05) is 96.8 Å². The average Bonchev–Trinajstić information content (AvgIpc) is 2.65. The number of hydrogen-bond donors (Lipinski definition) is 1. The van der Waals surface area contributed by atoms with Crippen molar-refractivity contribution < 1.29 is 19.4 Å². The maximum atomic E-state index is 11.5. The van der Waals surface area contributed by atoms with Gasteiger partial charge in [-0.25, -0.2) is 0 Å². The first-order chi connectivity index (χ1) is 13.2. The molecule has 0 saturated carbocycles. The maximum absolute atomic E-state index is 11.5. The smallest absolute Gasteiger partial charge is 0.313 e.